The van der Waals surface area contributed by atoms with Crippen LogP contribution in [0.15, 0.2) is 39.9 Å². The molecule has 1 aromatic heterocycles. The number of unbranched alkanes of at least 4 members (excludes halogenated alkanes) is 1. The van der Waals surface area contributed by atoms with E-state index in [0.717, 1.165) is 6.42 Å². The van der Waals surface area contributed by atoms with Crippen molar-refractivity contribution in [2.24, 2.45) is 0 Å². The zero-order valence-corrected chi connectivity index (χ0v) is 14.7. The van der Waals surface area contributed by atoms with Gasteiger partial charge in [-0.3, -0.25) is 13.9 Å². The number of nitrogens with zero attached hydrogens (tertiary/aromatic N) is 2. The molecule has 0 aliphatic carbocycles. The average molecular weight is 376 g/mol. The van der Waals surface area contributed by atoms with Crippen molar-refractivity contribution in [3.8, 4) is 11.1 Å². The summed E-state index contributed by atoms with van der Waals surface area (Å²) in [6, 6.07) is 9.08. The molecule has 0 aliphatic rings. The van der Waals surface area contributed by atoms with Crippen molar-refractivity contribution < 1.29 is 0 Å². The molecule has 0 atom stereocenters. The Bertz CT molecular complexity index is 769. The van der Waals surface area contributed by atoms with Crippen molar-refractivity contribution in [1.29, 1.82) is 0 Å². The summed E-state index contributed by atoms with van der Waals surface area (Å²) in [5, 5.41) is 0.125. The first-order valence-electron chi connectivity index (χ1n) is 7.32. The summed E-state index contributed by atoms with van der Waals surface area (Å²) < 4.78 is 2.56. The largest absolute Gasteiger partial charge is 0.332 e. The zero-order valence-electron chi connectivity index (χ0n) is 12.5. The van der Waals surface area contributed by atoms with E-state index in [9.17, 15) is 9.59 Å². The quantitative estimate of drug-likeness (QED) is 0.422. The molecule has 2 aromatic rings. The number of alkyl halides is 2. The van der Waals surface area contributed by atoms with Gasteiger partial charge in [0.05, 0.1) is 5.56 Å². The Morgan fingerprint density at radius 1 is 0.870 bits per heavy atom. The third-order valence-corrected chi connectivity index (χ3v) is 4.33. The molecule has 2 rings (SSSR count). The maximum atomic E-state index is 12.8. The molecule has 0 radical (unpaired) electrons. The van der Waals surface area contributed by atoms with Gasteiger partial charge in [-0.15, -0.1) is 23.2 Å². The molecule has 1 aromatic carbocycles. The van der Waals surface area contributed by atoms with Gasteiger partial charge in [-0.2, -0.15) is 0 Å². The average Bonchev–Trinajstić information content (AvgIpc) is 2.56. The van der Waals surface area contributed by atoms with Crippen LogP contribution in [-0.2, 0) is 13.1 Å². The summed E-state index contributed by atoms with van der Waals surface area (Å²) >= 11 is 17.8. The van der Waals surface area contributed by atoms with Gasteiger partial charge < -0.3 is 0 Å². The lowest BCUT2D eigenvalue weighted by Crippen LogP contribution is -2.41. The lowest BCUT2D eigenvalue weighted by Gasteiger charge is -2.15. The van der Waals surface area contributed by atoms with Gasteiger partial charge in [0.1, 0.15) is 5.15 Å². The first kappa shape index (κ1) is 18.1. The molecule has 0 unspecified atom stereocenters. The Hall–Kier alpha value is -1.23. The van der Waals surface area contributed by atoms with E-state index in [1.165, 1.54) is 9.13 Å². The fraction of sp³-hybridized carbons (Fsp3) is 0.375. The van der Waals surface area contributed by atoms with Gasteiger partial charge in [0.2, 0.25) is 0 Å². The molecule has 0 saturated heterocycles. The van der Waals surface area contributed by atoms with Gasteiger partial charge in [0.25, 0.3) is 5.56 Å². The van der Waals surface area contributed by atoms with Crippen molar-refractivity contribution >= 4 is 34.8 Å². The molecule has 23 heavy (non-hydrogen) atoms. The highest BCUT2D eigenvalue weighted by atomic mass is 35.5. The van der Waals surface area contributed by atoms with Gasteiger partial charge in [0.15, 0.2) is 0 Å². The zero-order chi connectivity index (χ0) is 16.8. The van der Waals surface area contributed by atoms with E-state index in [1.807, 2.05) is 18.2 Å². The molecule has 0 N–H and O–H groups in total. The third kappa shape index (κ3) is 4.00. The van der Waals surface area contributed by atoms with Gasteiger partial charge in [-0.05, 0) is 18.4 Å². The third-order valence-electron chi connectivity index (χ3n) is 3.50. The van der Waals surface area contributed by atoms with E-state index in [2.05, 4.69) is 0 Å². The van der Waals surface area contributed by atoms with Crippen LogP contribution in [0.2, 0.25) is 5.15 Å². The van der Waals surface area contributed by atoms with Crippen LogP contribution in [0.1, 0.15) is 12.8 Å². The molecular formula is C16H17Cl3N2O2. The van der Waals surface area contributed by atoms with Crippen LogP contribution in [0, 0.1) is 0 Å². The van der Waals surface area contributed by atoms with Crippen LogP contribution in [0.25, 0.3) is 11.1 Å². The summed E-state index contributed by atoms with van der Waals surface area (Å²) in [5.74, 6) is 0.720. The number of halogens is 3. The van der Waals surface area contributed by atoms with Crippen LogP contribution in [0.5, 0.6) is 0 Å². The van der Waals surface area contributed by atoms with Crippen molar-refractivity contribution in [2.75, 3.05) is 11.8 Å². The minimum atomic E-state index is -0.435. The van der Waals surface area contributed by atoms with Crippen molar-refractivity contribution in [3.05, 3.63) is 56.3 Å². The molecule has 7 heteroatoms. The highest BCUT2D eigenvalue weighted by molar-refractivity contribution is 6.32. The second kappa shape index (κ2) is 8.57. The van der Waals surface area contributed by atoms with Crippen LogP contribution < -0.4 is 11.2 Å². The fourth-order valence-corrected chi connectivity index (χ4v) is 3.07. The summed E-state index contributed by atoms with van der Waals surface area (Å²) in [5.41, 5.74) is 0.182. The maximum Gasteiger partial charge on any atom is 0.332 e. The van der Waals surface area contributed by atoms with E-state index in [0.29, 0.717) is 30.0 Å². The van der Waals surface area contributed by atoms with Crippen LogP contribution in [-0.4, -0.2) is 20.9 Å². The van der Waals surface area contributed by atoms with E-state index in [1.54, 1.807) is 12.1 Å². The second-order valence-corrected chi connectivity index (χ2v) is 6.12. The van der Waals surface area contributed by atoms with Crippen molar-refractivity contribution in [3.63, 3.8) is 0 Å². The molecule has 1 heterocycles. The minimum Gasteiger partial charge on any atom is -0.282 e. The standard InChI is InChI=1S/C16H17Cl3N2O2/c17-8-4-5-10-21-15(22)13(12-6-2-1-3-7-12)14(19)20(11-9-18)16(21)23/h1-3,6-7H,4-5,8-11H2. The van der Waals surface area contributed by atoms with Crippen LogP contribution in [0.3, 0.4) is 0 Å². The Kier molecular flexibility index (Phi) is 6.75. The SMILES string of the molecule is O=c1c(-c2ccccc2)c(Cl)n(CCCl)c(=O)n1CCCCCl. The molecule has 124 valence electrons. The second-order valence-electron chi connectivity index (χ2n) is 5.01. The molecule has 0 amide bonds. The summed E-state index contributed by atoms with van der Waals surface area (Å²) in [6.07, 6.45) is 1.38. The van der Waals surface area contributed by atoms with E-state index < -0.39 is 5.69 Å². The molecular weight excluding hydrogens is 359 g/mol. The monoisotopic (exact) mass is 374 g/mol. The molecule has 0 fully saturated rings. The molecule has 0 saturated carbocycles. The predicted octanol–water partition coefficient (Wildman–Crippen LogP) is 3.59. The van der Waals surface area contributed by atoms with Crippen LogP contribution in [0.4, 0.5) is 0 Å². The Labute approximate surface area is 149 Å². The van der Waals surface area contributed by atoms with Crippen LogP contribution >= 0.6 is 34.8 Å². The Morgan fingerprint density at radius 3 is 2.17 bits per heavy atom. The topological polar surface area (TPSA) is 44.0 Å². The molecule has 4 nitrogen and oxygen atoms in total. The van der Waals surface area contributed by atoms with Crippen molar-refractivity contribution in [1.82, 2.24) is 9.13 Å². The van der Waals surface area contributed by atoms with E-state index in [-0.39, 0.29) is 23.1 Å². The van der Waals surface area contributed by atoms with Gasteiger partial charge in [0, 0.05) is 24.8 Å². The Morgan fingerprint density at radius 2 is 1.57 bits per heavy atom. The summed E-state index contributed by atoms with van der Waals surface area (Å²) in [6.45, 7) is 0.554. The van der Waals surface area contributed by atoms with E-state index >= 15 is 0 Å². The van der Waals surface area contributed by atoms with Crippen molar-refractivity contribution in [2.45, 2.75) is 25.9 Å². The number of hydrogen-bond donors (Lipinski definition) is 0. The summed E-state index contributed by atoms with van der Waals surface area (Å²) in [7, 11) is 0. The summed E-state index contributed by atoms with van der Waals surface area (Å²) in [4.78, 5) is 25.3. The minimum absolute atomic E-state index is 0.125. The number of rotatable bonds is 7. The lowest BCUT2D eigenvalue weighted by atomic mass is 10.1. The smallest absolute Gasteiger partial charge is 0.282 e. The van der Waals surface area contributed by atoms with Gasteiger partial charge in [-0.25, -0.2) is 4.79 Å². The predicted molar refractivity (Wildman–Crippen MR) is 96.1 cm³/mol. The number of aromatic nitrogens is 2. The van der Waals surface area contributed by atoms with Gasteiger partial charge >= 0.3 is 5.69 Å². The lowest BCUT2D eigenvalue weighted by molar-refractivity contribution is 0.544. The maximum absolute atomic E-state index is 12.8. The van der Waals surface area contributed by atoms with E-state index in [4.69, 9.17) is 34.8 Å². The molecule has 0 bridgehead atoms. The molecule has 0 spiro atoms. The van der Waals surface area contributed by atoms with Gasteiger partial charge in [-0.1, -0.05) is 41.9 Å². The first-order valence-corrected chi connectivity index (χ1v) is 8.77. The number of hydrogen-bond acceptors (Lipinski definition) is 2. The fourth-order valence-electron chi connectivity index (χ4n) is 2.36. The normalized spacial score (nSPS) is 10.9. The Balaban J connectivity index is 2.66. The highest BCUT2D eigenvalue weighted by Gasteiger charge is 2.18. The first-order chi connectivity index (χ1) is 11.1. The molecule has 0 aliphatic heterocycles. The number of benzene rings is 1. The highest BCUT2D eigenvalue weighted by Crippen LogP contribution is 2.23.